The molecular formula is C49H54F6Zr. The smallest absolute Gasteiger partial charge is 0.172 e. The summed E-state index contributed by atoms with van der Waals surface area (Å²) in [6, 6.07) is 31.5. The molecule has 0 saturated carbocycles. The Hall–Kier alpha value is -3.57. The van der Waals surface area contributed by atoms with E-state index in [1.165, 1.54) is 68.1 Å². The van der Waals surface area contributed by atoms with Gasteiger partial charge < -0.3 is 0 Å². The first-order valence-electron chi connectivity index (χ1n) is 18.8. The summed E-state index contributed by atoms with van der Waals surface area (Å²) in [5, 5.41) is 5.57. The fourth-order valence-electron chi connectivity index (χ4n) is 6.73. The van der Waals surface area contributed by atoms with Gasteiger partial charge in [-0.15, -0.1) is 39.7 Å². The molecule has 0 nitrogen and oxygen atoms in total. The molecule has 0 N–H and O–H groups in total. The van der Waals surface area contributed by atoms with Gasteiger partial charge in [0.15, 0.2) is 0 Å². The molecule has 0 aromatic heterocycles. The van der Waals surface area contributed by atoms with E-state index in [1.807, 2.05) is 30.3 Å². The van der Waals surface area contributed by atoms with E-state index in [2.05, 4.69) is 113 Å². The van der Waals surface area contributed by atoms with E-state index in [0.717, 1.165) is 48.5 Å². The second-order valence-corrected chi connectivity index (χ2v) is 19.8. The molecule has 0 atom stereocenters. The molecule has 0 aliphatic rings. The molecule has 0 amide bonds. The topological polar surface area (TPSA) is 0 Å². The van der Waals surface area contributed by atoms with Gasteiger partial charge in [-0.2, -0.15) is 18.2 Å². The third-order valence-electron chi connectivity index (χ3n) is 9.77. The van der Waals surface area contributed by atoms with Crippen molar-refractivity contribution in [3.05, 3.63) is 154 Å². The molecule has 0 radical (unpaired) electrons. The number of benzene rings is 4. The molecule has 0 aliphatic carbocycles. The Balaban J connectivity index is 0.000000227. The van der Waals surface area contributed by atoms with E-state index < -0.39 is 23.5 Å². The van der Waals surface area contributed by atoms with Crippen LogP contribution in [0, 0.1) is 0 Å². The average Bonchev–Trinajstić information content (AvgIpc) is 3.77. The van der Waals surface area contributed by atoms with Gasteiger partial charge in [-0.1, -0.05) is 117 Å². The zero-order valence-corrected chi connectivity index (χ0v) is 37.1. The zero-order chi connectivity index (χ0) is 42.2. The first kappa shape index (κ1) is 45.1. The molecule has 0 unspecified atom stereocenters. The van der Waals surface area contributed by atoms with E-state index in [0.29, 0.717) is 14.3 Å². The minimum atomic E-state index is -4.41. The predicted octanol–water partition coefficient (Wildman–Crippen LogP) is 15.1. The maximum Gasteiger partial charge on any atom is -0.172 e. The largest absolute Gasteiger partial charge is 0.214 e. The average molecular weight is 848 g/mol. The summed E-state index contributed by atoms with van der Waals surface area (Å²) in [7, 11) is 0. The summed E-state index contributed by atoms with van der Waals surface area (Å²) in [4.78, 5) is 0. The van der Waals surface area contributed by atoms with Crippen LogP contribution in [0.2, 0.25) is 0 Å². The van der Waals surface area contributed by atoms with Gasteiger partial charge >= 0.3 is 137 Å². The Kier molecular flexibility index (Phi) is 13.2. The van der Waals surface area contributed by atoms with Crippen molar-refractivity contribution in [3.63, 3.8) is 0 Å². The van der Waals surface area contributed by atoms with Crippen LogP contribution in [-0.4, -0.2) is 3.21 Å². The molecule has 296 valence electrons. The van der Waals surface area contributed by atoms with E-state index in [-0.39, 0.29) is 21.7 Å². The quantitative estimate of drug-likeness (QED) is 0.120. The third kappa shape index (κ3) is 11.1. The molecular weight excluding hydrogens is 794 g/mol. The number of rotatable bonds is 2. The van der Waals surface area contributed by atoms with Gasteiger partial charge in [0.05, 0.1) is 0 Å². The van der Waals surface area contributed by atoms with Crippen LogP contribution in [0.25, 0.3) is 21.5 Å². The standard InChI is InChI=1S/C29H41.C15H8F6.C5H5.Zr/c1-26(2,3)22-14-18-13-19-15-23(27(4,5)6)25(29(10,11)12)17-21(19)20(18)16-24(22)28(7,8)9;16-14(17,18)12-5-1-10(2-6-12)9-11-3-7-13(8-4-11)15(19,20)21;1-2-4-5-3-1;/h13-17H,1-12H3;1-8H;1-5H;/q-1;;-1;+2. The summed E-state index contributed by atoms with van der Waals surface area (Å²) in [6.45, 7) is 28.0. The normalized spacial score (nSPS) is 12.9. The van der Waals surface area contributed by atoms with Gasteiger partial charge in [-0.3, -0.25) is 0 Å². The van der Waals surface area contributed by atoms with Crippen LogP contribution >= 0.6 is 0 Å². The van der Waals surface area contributed by atoms with Crippen molar-refractivity contribution in [2.24, 2.45) is 0 Å². The van der Waals surface area contributed by atoms with Gasteiger partial charge in [0.1, 0.15) is 0 Å². The van der Waals surface area contributed by atoms with Crippen LogP contribution in [-0.2, 0) is 58.2 Å². The Bertz CT molecular complexity index is 2070. The second kappa shape index (κ2) is 16.4. The second-order valence-electron chi connectivity index (χ2n) is 18.6. The molecule has 0 aliphatic heterocycles. The molecule has 6 aromatic carbocycles. The first-order chi connectivity index (χ1) is 25.5. The fraction of sp³-hybridized carbons (Fsp3) is 0.367. The van der Waals surface area contributed by atoms with Crippen LogP contribution in [0.5, 0.6) is 0 Å². The summed E-state index contributed by atoms with van der Waals surface area (Å²) < 4.78 is 75.6. The van der Waals surface area contributed by atoms with Crippen molar-refractivity contribution in [3.8, 4) is 0 Å². The summed E-state index contributed by atoms with van der Waals surface area (Å²) >= 11 is 0.898. The van der Waals surface area contributed by atoms with Crippen molar-refractivity contribution < 1.29 is 50.6 Å². The maximum absolute atomic E-state index is 12.5. The third-order valence-corrected chi connectivity index (χ3v) is 11.2. The van der Waals surface area contributed by atoms with Gasteiger partial charge in [0.25, 0.3) is 0 Å². The number of hydrogen-bond acceptors (Lipinski definition) is 0. The number of hydrogen-bond donors (Lipinski definition) is 0. The molecule has 6 rings (SSSR count). The number of fused-ring (bicyclic) bond motifs is 3. The van der Waals surface area contributed by atoms with Crippen molar-refractivity contribution in [1.82, 2.24) is 0 Å². The van der Waals surface area contributed by atoms with Crippen LogP contribution in [0.1, 0.15) is 128 Å². The number of alkyl halides is 6. The monoisotopic (exact) mass is 846 g/mol. The van der Waals surface area contributed by atoms with Crippen molar-refractivity contribution >= 4 is 24.8 Å². The Morgan fingerprint density at radius 2 is 0.732 bits per heavy atom. The van der Waals surface area contributed by atoms with Crippen LogP contribution in [0.3, 0.4) is 0 Å². The van der Waals surface area contributed by atoms with E-state index >= 15 is 0 Å². The molecule has 56 heavy (non-hydrogen) atoms. The van der Waals surface area contributed by atoms with Crippen LogP contribution < -0.4 is 0 Å². The minimum Gasteiger partial charge on any atom is -0.214 e. The fourth-order valence-corrected chi connectivity index (χ4v) is 7.55. The van der Waals surface area contributed by atoms with E-state index in [1.54, 1.807) is 0 Å². The molecule has 0 saturated heterocycles. The van der Waals surface area contributed by atoms with Crippen molar-refractivity contribution in [2.75, 3.05) is 0 Å². The summed E-state index contributed by atoms with van der Waals surface area (Å²) in [6.07, 6.45) is -8.82. The predicted molar refractivity (Wildman–Crippen MR) is 220 cm³/mol. The molecule has 0 spiro atoms. The minimum absolute atomic E-state index is 0.124. The van der Waals surface area contributed by atoms with E-state index in [4.69, 9.17) is 0 Å². The Morgan fingerprint density at radius 3 is 0.964 bits per heavy atom. The maximum atomic E-state index is 12.5. The zero-order valence-electron chi connectivity index (χ0n) is 34.7. The van der Waals surface area contributed by atoms with Crippen LogP contribution in [0.4, 0.5) is 26.3 Å². The van der Waals surface area contributed by atoms with Crippen molar-refractivity contribution in [2.45, 2.75) is 117 Å². The molecule has 0 heterocycles. The molecule has 0 fully saturated rings. The van der Waals surface area contributed by atoms with Gasteiger partial charge in [-0.05, 0) is 21.7 Å². The van der Waals surface area contributed by atoms with Crippen LogP contribution in [0.15, 0.2) is 109 Å². The van der Waals surface area contributed by atoms with E-state index in [9.17, 15) is 26.3 Å². The first-order valence-corrected chi connectivity index (χ1v) is 20.1. The Morgan fingerprint density at radius 1 is 0.446 bits per heavy atom. The molecule has 0 bridgehead atoms. The molecule has 6 aromatic rings. The SMILES string of the molecule is CC(C)(C)c1cc2[cH-]c3cc(C(C)(C)C)c(C(C)(C)C)cc3c2cc1C(C)(C)C.FC(F)(F)c1ccc([C](=[Zr+2])c2ccc(C(F)(F)F)cc2)cc1.c1cc[cH-]c1. The van der Waals surface area contributed by atoms with Crippen molar-refractivity contribution in [1.29, 1.82) is 0 Å². The van der Waals surface area contributed by atoms with Gasteiger partial charge in [0.2, 0.25) is 0 Å². The summed E-state index contributed by atoms with van der Waals surface area (Å²) in [5.74, 6) is 0. The summed E-state index contributed by atoms with van der Waals surface area (Å²) in [5.41, 5.74) is 6.01. The number of halogens is 6. The van der Waals surface area contributed by atoms with Gasteiger partial charge in [-0.25, -0.2) is 12.1 Å². The Labute approximate surface area is 344 Å². The molecule has 7 heteroatoms. The van der Waals surface area contributed by atoms with Gasteiger partial charge in [0, 0.05) is 0 Å².